The number of benzene rings is 1. The zero-order valence-corrected chi connectivity index (χ0v) is 14.2. The lowest BCUT2D eigenvalue weighted by molar-refractivity contribution is 0.119. The van der Waals surface area contributed by atoms with Crippen LogP contribution in [-0.4, -0.2) is 11.0 Å². The lowest BCUT2D eigenvalue weighted by Crippen LogP contribution is -2.49. The van der Waals surface area contributed by atoms with Gasteiger partial charge in [0.2, 0.25) is 6.04 Å². The van der Waals surface area contributed by atoms with Crippen molar-refractivity contribution in [2.75, 3.05) is 0 Å². The van der Waals surface area contributed by atoms with Gasteiger partial charge < -0.3 is 9.83 Å². The molecule has 23 heavy (non-hydrogen) atoms. The van der Waals surface area contributed by atoms with E-state index in [2.05, 4.69) is 61.6 Å². The van der Waals surface area contributed by atoms with E-state index in [4.69, 9.17) is 6.57 Å². The van der Waals surface area contributed by atoms with E-state index in [9.17, 15) is 0 Å². The molecule has 0 radical (unpaired) electrons. The fourth-order valence-corrected chi connectivity index (χ4v) is 5.28. The largest absolute Gasteiger partial charge is 0.361 e. The molecule has 1 unspecified atom stereocenters. The minimum Gasteiger partial charge on any atom is -0.361 e. The van der Waals surface area contributed by atoms with E-state index in [-0.39, 0.29) is 16.9 Å². The van der Waals surface area contributed by atoms with Crippen molar-refractivity contribution in [3.05, 3.63) is 59.6 Å². The van der Waals surface area contributed by atoms with Crippen LogP contribution in [-0.2, 0) is 5.41 Å². The summed E-state index contributed by atoms with van der Waals surface area (Å²) in [5.41, 5.74) is 4.02. The monoisotopic (exact) mass is 304 g/mol. The second-order valence-corrected chi connectivity index (χ2v) is 8.15. The molecule has 1 N–H and O–H groups in total. The Labute approximate surface area is 138 Å². The first kappa shape index (κ1) is 14.6. The molecular formula is C21H24N2. The van der Waals surface area contributed by atoms with Gasteiger partial charge in [-0.25, -0.2) is 6.57 Å². The lowest BCUT2D eigenvalue weighted by Gasteiger charge is -2.50. The summed E-state index contributed by atoms with van der Waals surface area (Å²) < 4.78 is 0. The smallest absolute Gasteiger partial charge is 0.239 e. The third kappa shape index (κ3) is 1.68. The van der Waals surface area contributed by atoms with Gasteiger partial charge in [0.15, 0.2) is 0 Å². The number of hydrogen-bond acceptors (Lipinski definition) is 0. The molecule has 1 aromatic carbocycles. The molecular weight excluding hydrogens is 280 g/mol. The molecule has 1 saturated carbocycles. The summed E-state index contributed by atoms with van der Waals surface area (Å²) in [6.45, 7) is 18.9. The van der Waals surface area contributed by atoms with Gasteiger partial charge in [0, 0.05) is 17.1 Å². The van der Waals surface area contributed by atoms with E-state index in [0.29, 0.717) is 11.8 Å². The molecule has 118 valence electrons. The molecule has 0 bridgehead atoms. The van der Waals surface area contributed by atoms with E-state index < -0.39 is 0 Å². The predicted octanol–water partition coefficient (Wildman–Crippen LogP) is 5.43. The standard InChI is InChI=1S/C21H24N2/c1-6-21(4)11-10-15-18(19(21)22-5)13-12-23-16-9-7-8-14(17(13)16)20(15,2)3/h6-9,12,15,18-19,23H,1,10-11H2,2-4H3/t15-,18-,19?,21+/m0/s1. The van der Waals surface area contributed by atoms with Crippen LogP contribution in [0.4, 0.5) is 0 Å². The van der Waals surface area contributed by atoms with Gasteiger partial charge in [0.05, 0.1) is 11.3 Å². The second-order valence-electron chi connectivity index (χ2n) is 8.15. The van der Waals surface area contributed by atoms with Gasteiger partial charge in [0.1, 0.15) is 0 Å². The summed E-state index contributed by atoms with van der Waals surface area (Å²) in [6.07, 6.45) is 6.41. The SMILES string of the molecule is [C-]#[N+]C1[C@H]2c3c[nH]c4cccc(c34)C(C)(C)[C@H]2CC[C@@]1(C)C=C. The normalized spacial score (nSPS) is 34.6. The summed E-state index contributed by atoms with van der Waals surface area (Å²) in [5, 5.41) is 1.36. The molecule has 0 amide bonds. The minimum absolute atomic E-state index is 0.0228. The molecule has 2 nitrogen and oxygen atoms in total. The van der Waals surface area contributed by atoms with E-state index in [1.54, 1.807) is 0 Å². The van der Waals surface area contributed by atoms with Crippen molar-refractivity contribution in [3.8, 4) is 0 Å². The van der Waals surface area contributed by atoms with Crippen LogP contribution in [0.5, 0.6) is 0 Å². The Kier molecular flexibility index (Phi) is 2.86. The highest BCUT2D eigenvalue weighted by atomic mass is 14.8. The average Bonchev–Trinajstić information content (AvgIpc) is 2.97. The third-order valence-electron chi connectivity index (χ3n) is 6.77. The van der Waals surface area contributed by atoms with Crippen LogP contribution in [0.15, 0.2) is 37.1 Å². The number of fused-ring (bicyclic) bond motifs is 2. The number of nitrogens with one attached hydrogen (secondary N) is 1. The zero-order valence-electron chi connectivity index (χ0n) is 14.2. The Bertz CT molecular complexity index is 835. The van der Waals surface area contributed by atoms with Crippen LogP contribution in [0.2, 0.25) is 0 Å². The summed E-state index contributed by atoms with van der Waals surface area (Å²) >= 11 is 0. The van der Waals surface area contributed by atoms with Crippen LogP contribution in [0.3, 0.4) is 0 Å². The molecule has 4 rings (SSSR count). The first-order valence-electron chi connectivity index (χ1n) is 8.54. The van der Waals surface area contributed by atoms with Gasteiger partial charge in [-0.05, 0) is 48.3 Å². The molecule has 0 spiro atoms. The van der Waals surface area contributed by atoms with Crippen LogP contribution < -0.4 is 0 Å². The van der Waals surface area contributed by atoms with Crippen molar-refractivity contribution >= 4 is 10.9 Å². The van der Waals surface area contributed by atoms with E-state index in [0.717, 1.165) is 12.8 Å². The van der Waals surface area contributed by atoms with Gasteiger partial charge in [-0.2, -0.15) is 0 Å². The van der Waals surface area contributed by atoms with Crippen molar-refractivity contribution in [3.63, 3.8) is 0 Å². The van der Waals surface area contributed by atoms with Crippen molar-refractivity contribution < 1.29 is 0 Å². The Balaban J connectivity index is 2.02. The number of hydrogen-bond donors (Lipinski definition) is 1. The summed E-state index contributed by atoms with van der Waals surface area (Å²) in [6, 6.07) is 6.57. The number of nitrogens with zero attached hydrogens (tertiary/aromatic N) is 1. The molecule has 1 fully saturated rings. The lowest BCUT2D eigenvalue weighted by atomic mass is 9.51. The topological polar surface area (TPSA) is 20.1 Å². The fraction of sp³-hybridized carbons (Fsp3) is 0.476. The highest BCUT2D eigenvalue weighted by Crippen LogP contribution is 2.59. The van der Waals surface area contributed by atoms with E-state index >= 15 is 0 Å². The second kappa shape index (κ2) is 4.51. The maximum Gasteiger partial charge on any atom is 0.239 e. The average molecular weight is 304 g/mol. The maximum atomic E-state index is 7.90. The highest BCUT2D eigenvalue weighted by Gasteiger charge is 2.57. The van der Waals surface area contributed by atoms with Crippen molar-refractivity contribution in [2.45, 2.75) is 51.0 Å². The van der Waals surface area contributed by atoms with Crippen LogP contribution in [0.25, 0.3) is 15.7 Å². The Morgan fingerprint density at radius 3 is 2.83 bits per heavy atom. The Hall–Kier alpha value is -2.01. The quantitative estimate of drug-likeness (QED) is 0.535. The molecule has 2 heteroatoms. The Morgan fingerprint density at radius 1 is 1.35 bits per heavy atom. The molecule has 2 aliphatic carbocycles. The first-order chi connectivity index (χ1) is 10.9. The molecule has 2 aliphatic rings. The maximum absolute atomic E-state index is 7.90. The third-order valence-corrected chi connectivity index (χ3v) is 6.77. The van der Waals surface area contributed by atoms with Gasteiger partial charge in [-0.1, -0.05) is 32.1 Å². The van der Waals surface area contributed by atoms with Gasteiger partial charge >= 0.3 is 0 Å². The number of aromatic nitrogens is 1. The van der Waals surface area contributed by atoms with Crippen LogP contribution >= 0.6 is 0 Å². The summed E-state index contributed by atoms with van der Waals surface area (Å²) in [5.74, 6) is 0.812. The van der Waals surface area contributed by atoms with E-state index in [1.807, 2.05) is 6.08 Å². The summed E-state index contributed by atoms with van der Waals surface area (Å²) in [4.78, 5) is 7.58. The molecule has 0 aliphatic heterocycles. The van der Waals surface area contributed by atoms with Gasteiger partial charge in [0.25, 0.3) is 0 Å². The first-order valence-corrected chi connectivity index (χ1v) is 8.54. The van der Waals surface area contributed by atoms with Crippen molar-refractivity contribution in [1.29, 1.82) is 0 Å². The molecule has 2 aromatic rings. The molecule has 4 atom stereocenters. The number of rotatable bonds is 1. The predicted molar refractivity (Wildman–Crippen MR) is 95.5 cm³/mol. The van der Waals surface area contributed by atoms with Crippen LogP contribution in [0.1, 0.15) is 50.7 Å². The van der Waals surface area contributed by atoms with Gasteiger partial charge in [-0.15, -0.1) is 6.58 Å². The summed E-state index contributed by atoms with van der Waals surface area (Å²) in [7, 11) is 0. The Morgan fingerprint density at radius 2 is 2.13 bits per heavy atom. The van der Waals surface area contributed by atoms with E-state index in [1.165, 1.54) is 22.0 Å². The fourth-order valence-electron chi connectivity index (χ4n) is 5.28. The number of aromatic amines is 1. The van der Waals surface area contributed by atoms with Crippen molar-refractivity contribution in [2.24, 2.45) is 11.3 Å². The molecule has 1 heterocycles. The van der Waals surface area contributed by atoms with Crippen LogP contribution in [0, 0.1) is 17.9 Å². The minimum atomic E-state index is -0.0884. The highest BCUT2D eigenvalue weighted by molar-refractivity contribution is 5.89. The molecule has 0 saturated heterocycles. The number of H-pyrrole nitrogens is 1. The van der Waals surface area contributed by atoms with Crippen molar-refractivity contribution in [1.82, 2.24) is 4.98 Å². The van der Waals surface area contributed by atoms with Gasteiger partial charge in [-0.3, -0.25) is 0 Å². The zero-order chi connectivity index (χ0) is 16.4. The molecule has 1 aromatic heterocycles.